The summed E-state index contributed by atoms with van der Waals surface area (Å²) in [4.78, 5) is 3.96. The molecule has 0 spiro atoms. The fraction of sp³-hybridized carbons (Fsp3) is 0.267. The van der Waals surface area contributed by atoms with Crippen molar-refractivity contribution < 1.29 is 9.47 Å². The van der Waals surface area contributed by atoms with E-state index in [-0.39, 0.29) is 6.04 Å². The molecule has 1 aromatic carbocycles. The average Bonchev–Trinajstić information content (AvgIpc) is 2.46. The van der Waals surface area contributed by atoms with E-state index in [1.165, 1.54) is 0 Å². The van der Waals surface area contributed by atoms with E-state index >= 15 is 0 Å². The minimum Gasteiger partial charge on any atom is -0.497 e. The molecule has 0 saturated carbocycles. The molecule has 0 radical (unpaired) electrons. The van der Waals surface area contributed by atoms with Gasteiger partial charge in [-0.3, -0.25) is 0 Å². The van der Waals surface area contributed by atoms with E-state index in [4.69, 9.17) is 21.1 Å². The van der Waals surface area contributed by atoms with Gasteiger partial charge in [-0.15, -0.1) is 0 Å². The summed E-state index contributed by atoms with van der Waals surface area (Å²) in [5.74, 6) is 1.55. The Morgan fingerprint density at radius 2 is 1.95 bits per heavy atom. The summed E-state index contributed by atoms with van der Waals surface area (Å²) in [7, 11) is 3.28. The van der Waals surface area contributed by atoms with E-state index in [0.29, 0.717) is 5.15 Å². The molecule has 2 rings (SSSR count). The summed E-state index contributed by atoms with van der Waals surface area (Å²) in [5, 5.41) is 3.83. The van der Waals surface area contributed by atoms with Gasteiger partial charge in [-0.2, -0.15) is 0 Å². The van der Waals surface area contributed by atoms with Crippen molar-refractivity contribution in [2.24, 2.45) is 0 Å². The Kier molecular flexibility index (Phi) is 4.69. The molecule has 106 valence electrons. The van der Waals surface area contributed by atoms with Gasteiger partial charge in [0.2, 0.25) is 0 Å². The number of pyridine rings is 1. The van der Waals surface area contributed by atoms with Crippen LogP contribution in [0, 0.1) is 0 Å². The standard InChI is InChI=1S/C15H17ClN2O2/c1-10(18-11-6-7-17-15(16)8-11)13-5-4-12(19-2)9-14(13)20-3/h4-10H,1-3H3,(H,17,18). The normalized spacial score (nSPS) is 11.8. The van der Waals surface area contributed by atoms with Crippen LogP contribution in [0.2, 0.25) is 5.15 Å². The third-order valence-corrected chi connectivity index (χ3v) is 3.22. The second-order valence-corrected chi connectivity index (χ2v) is 4.73. The maximum Gasteiger partial charge on any atom is 0.131 e. The van der Waals surface area contributed by atoms with Crippen LogP contribution in [0.4, 0.5) is 5.69 Å². The summed E-state index contributed by atoms with van der Waals surface area (Å²) < 4.78 is 10.6. The number of anilines is 1. The van der Waals surface area contributed by atoms with Gasteiger partial charge in [-0.05, 0) is 31.2 Å². The van der Waals surface area contributed by atoms with Crippen LogP contribution in [0.25, 0.3) is 0 Å². The molecular weight excluding hydrogens is 276 g/mol. The van der Waals surface area contributed by atoms with Gasteiger partial charge in [0.05, 0.1) is 20.3 Å². The topological polar surface area (TPSA) is 43.4 Å². The number of rotatable bonds is 5. The number of aromatic nitrogens is 1. The number of nitrogens with zero attached hydrogens (tertiary/aromatic N) is 1. The maximum atomic E-state index is 5.88. The second kappa shape index (κ2) is 6.48. The molecule has 0 saturated heterocycles. The van der Waals surface area contributed by atoms with Crippen molar-refractivity contribution in [2.45, 2.75) is 13.0 Å². The van der Waals surface area contributed by atoms with E-state index in [9.17, 15) is 0 Å². The van der Waals surface area contributed by atoms with Gasteiger partial charge in [0, 0.05) is 23.5 Å². The molecule has 20 heavy (non-hydrogen) atoms. The number of halogens is 1. The van der Waals surface area contributed by atoms with E-state index in [1.807, 2.05) is 24.3 Å². The SMILES string of the molecule is COc1ccc(C(C)Nc2ccnc(Cl)c2)c(OC)c1. The van der Waals surface area contributed by atoms with Gasteiger partial charge in [0.15, 0.2) is 0 Å². The molecule has 1 aromatic heterocycles. The lowest BCUT2D eigenvalue weighted by Gasteiger charge is -2.19. The second-order valence-electron chi connectivity index (χ2n) is 4.34. The van der Waals surface area contributed by atoms with Gasteiger partial charge in [0.25, 0.3) is 0 Å². The van der Waals surface area contributed by atoms with Crippen LogP contribution in [0.1, 0.15) is 18.5 Å². The minimum absolute atomic E-state index is 0.0642. The minimum atomic E-state index is 0.0642. The van der Waals surface area contributed by atoms with Crippen molar-refractivity contribution in [3.05, 3.63) is 47.2 Å². The summed E-state index contributed by atoms with van der Waals surface area (Å²) in [6.45, 7) is 2.05. The van der Waals surface area contributed by atoms with Gasteiger partial charge < -0.3 is 14.8 Å². The van der Waals surface area contributed by atoms with Crippen LogP contribution >= 0.6 is 11.6 Å². The first kappa shape index (κ1) is 14.5. The first-order chi connectivity index (χ1) is 9.63. The van der Waals surface area contributed by atoms with E-state index in [2.05, 4.69) is 17.2 Å². The highest BCUT2D eigenvalue weighted by molar-refractivity contribution is 6.29. The molecule has 0 aliphatic heterocycles. The Hall–Kier alpha value is -1.94. The molecule has 0 fully saturated rings. The predicted molar refractivity (Wildman–Crippen MR) is 80.8 cm³/mol. The van der Waals surface area contributed by atoms with Gasteiger partial charge in [-0.1, -0.05) is 11.6 Å². The zero-order valence-electron chi connectivity index (χ0n) is 11.7. The highest BCUT2D eigenvalue weighted by Crippen LogP contribution is 2.31. The smallest absolute Gasteiger partial charge is 0.131 e. The Bertz CT molecular complexity index is 590. The molecule has 0 amide bonds. The van der Waals surface area contributed by atoms with Crippen LogP contribution in [-0.2, 0) is 0 Å². The summed E-state index contributed by atoms with van der Waals surface area (Å²) in [6.07, 6.45) is 1.67. The highest BCUT2D eigenvalue weighted by atomic mass is 35.5. The lowest BCUT2D eigenvalue weighted by Crippen LogP contribution is -2.08. The number of hydrogen-bond donors (Lipinski definition) is 1. The molecule has 5 heteroatoms. The molecular formula is C15H17ClN2O2. The van der Waals surface area contributed by atoms with Crippen LogP contribution in [0.3, 0.4) is 0 Å². The van der Waals surface area contributed by atoms with Crippen molar-refractivity contribution in [1.29, 1.82) is 0 Å². The van der Waals surface area contributed by atoms with Gasteiger partial charge in [-0.25, -0.2) is 4.98 Å². The van der Waals surface area contributed by atoms with Crippen molar-refractivity contribution in [3.8, 4) is 11.5 Å². The lowest BCUT2D eigenvalue weighted by molar-refractivity contribution is 0.390. The van der Waals surface area contributed by atoms with Crippen LogP contribution in [0.5, 0.6) is 11.5 Å². The fourth-order valence-corrected chi connectivity index (χ4v) is 2.17. The lowest BCUT2D eigenvalue weighted by atomic mass is 10.1. The number of benzene rings is 1. The van der Waals surface area contributed by atoms with Crippen molar-refractivity contribution in [3.63, 3.8) is 0 Å². The molecule has 4 nitrogen and oxygen atoms in total. The Labute approximate surface area is 123 Å². The van der Waals surface area contributed by atoms with E-state index < -0.39 is 0 Å². The highest BCUT2D eigenvalue weighted by Gasteiger charge is 2.12. The zero-order chi connectivity index (χ0) is 14.5. The van der Waals surface area contributed by atoms with Crippen molar-refractivity contribution >= 4 is 17.3 Å². The van der Waals surface area contributed by atoms with Gasteiger partial charge in [0.1, 0.15) is 16.7 Å². The zero-order valence-corrected chi connectivity index (χ0v) is 12.4. The number of ether oxygens (including phenoxy) is 2. The number of hydrogen-bond acceptors (Lipinski definition) is 4. The largest absolute Gasteiger partial charge is 0.497 e. The van der Waals surface area contributed by atoms with Gasteiger partial charge >= 0.3 is 0 Å². The van der Waals surface area contributed by atoms with Crippen LogP contribution < -0.4 is 14.8 Å². The summed E-state index contributed by atoms with van der Waals surface area (Å²) in [6, 6.07) is 9.49. The number of nitrogens with one attached hydrogen (secondary N) is 1. The van der Waals surface area contributed by atoms with E-state index in [0.717, 1.165) is 22.7 Å². The predicted octanol–water partition coefficient (Wildman–Crippen LogP) is 3.93. The average molecular weight is 293 g/mol. The van der Waals surface area contributed by atoms with Crippen molar-refractivity contribution in [1.82, 2.24) is 4.98 Å². The molecule has 0 bridgehead atoms. The summed E-state index contributed by atoms with van der Waals surface area (Å²) >= 11 is 5.88. The first-order valence-electron chi connectivity index (χ1n) is 6.24. The Morgan fingerprint density at radius 1 is 1.15 bits per heavy atom. The first-order valence-corrected chi connectivity index (χ1v) is 6.62. The van der Waals surface area contributed by atoms with Crippen molar-refractivity contribution in [2.75, 3.05) is 19.5 Å². The molecule has 2 aromatic rings. The molecule has 0 aliphatic rings. The maximum absolute atomic E-state index is 5.88. The Morgan fingerprint density at radius 3 is 2.60 bits per heavy atom. The molecule has 1 atom stereocenters. The third kappa shape index (κ3) is 3.33. The van der Waals surface area contributed by atoms with Crippen LogP contribution in [0.15, 0.2) is 36.5 Å². The fourth-order valence-electron chi connectivity index (χ4n) is 2.00. The number of methoxy groups -OCH3 is 2. The van der Waals surface area contributed by atoms with Crippen LogP contribution in [-0.4, -0.2) is 19.2 Å². The molecule has 1 heterocycles. The monoisotopic (exact) mass is 292 g/mol. The van der Waals surface area contributed by atoms with E-state index in [1.54, 1.807) is 26.5 Å². The molecule has 1 unspecified atom stereocenters. The third-order valence-electron chi connectivity index (χ3n) is 3.02. The summed E-state index contributed by atoms with van der Waals surface area (Å²) in [5.41, 5.74) is 1.96. The molecule has 0 aliphatic carbocycles. The quantitative estimate of drug-likeness (QED) is 0.848. The Balaban J connectivity index is 2.22. The molecule has 1 N–H and O–H groups in total.